The summed E-state index contributed by atoms with van der Waals surface area (Å²) in [5.41, 5.74) is 2.48. The summed E-state index contributed by atoms with van der Waals surface area (Å²) in [5.74, 6) is 0.294. The fourth-order valence-corrected chi connectivity index (χ4v) is 1.44. The van der Waals surface area contributed by atoms with Gasteiger partial charge in [-0.3, -0.25) is 4.99 Å². The van der Waals surface area contributed by atoms with Crippen LogP contribution in [0.2, 0.25) is 0 Å². The van der Waals surface area contributed by atoms with Crippen molar-refractivity contribution in [3.63, 3.8) is 0 Å². The molecule has 0 amide bonds. The van der Waals surface area contributed by atoms with Gasteiger partial charge in [-0.15, -0.1) is 0 Å². The van der Waals surface area contributed by atoms with Crippen LogP contribution in [-0.4, -0.2) is 11.3 Å². The van der Waals surface area contributed by atoms with Crippen molar-refractivity contribution in [1.29, 1.82) is 0 Å². The molecule has 1 N–H and O–H groups in total. The minimum absolute atomic E-state index is 0.294. The third-order valence-corrected chi connectivity index (χ3v) is 2.38. The molecule has 2 rings (SSSR count). The first-order valence-electron chi connectivity index (χ1n) is 5.33. The van der Waals surface area contributed by atoms with E-state index < -0.39 is 0 Å². The van der Waals surface area contributed by atoms with Crippen molar-refractivity contribution in [2.24, 2.45) is 4.99 Å². The van der Waals surface area contributed by atoms with E-state index >= 15 is 0 Å². The van der Waals surface area contributed by atoms with Crippen LogP contribution in [0.4, 0.5) is 5.69 Å². The van der Waals surface area contributed by atoms with E-state index in [1.54, 1.807) is 6.21 Å². The van der Waals surface area contributed by atoms with Gasteiger partial charge in [0, 0.05) is 11.8 Å². The van der Waals surface area contributed by atoms with Crippen molar-refractivity contribution >= 4 is 11.9 Å². The van der Waals surface area contributed by atoms with Crippen LogP contribution in [0.15, 0.2) is 53.5 Å². The van der Waals surface area contributed by atoms with Gasteiger partial charge < -0.3 is 5.11 Å². The average molecular weight is 278 g/mol. The number of aromatic hydroxyl groups is 1. The van der Waals surface area contributed by atoms with Crippen LogP contribution < -0.4 is 0 Å². The summed E-state index contributed by atoms with van der Waals surface area (Å²) >= 11 is 1.06. The summed E-state index contributed by atoms with van der Waals surface area (Å²) in [6, 6.07) is 15.3. The van der Waals surface area contributed by atoms with E-state index in [-0.39, 0.29) is 0 Å². The van der Waals surface area contributed by atoms with E-state index in [0.717, 1.165) is 34.2 Å². The van der Waals surface area contributed by atoms with Crippen LogP contribution >= 0.6 is 0 Å². The van der Waals surface area contributed by atoms with Gasteiger partial charge in [0.2, 0.25) is 0 Å². The van der Waals surface area contributed by atoms with Crippen molar-refractivity contribution in [2.75, 3.05) is 0 Å². The molecule has 0 aliphatic carbocycles. The second kappa shape index (κ2) is 7.59. The average Bonchev–Trinajstić information content (AvgIpc) is 2.44. The Balaban J connectivity index is 0.000000771. The first-order valence-corrected chi connectivity index (χ1v) is 5.90. The van der Waals surface area contributed by atoms with E-state index in [9.17, 15) is 5.11 Å². The summed E-state index contributed by atoms with van der Waals surface area (Å²) in [5, 5.41) is 9.78. The Morgan fingerprint density at radius 1 is 1.06 bits per heavy atom. The molecule has 4 heteroatoms. The number of phenolic OH excluding ortho intramolecular Hbond substituents is 1. The number of rotatable bonds is 2. The Kier molecular flexibility index (Phi) is 6.05. The monoisotopic (exact) mass is 278 g/mol. The molecule has 0 saturated carbocycles. The summed E-state index contributed by atoms with van der Waals surface area (Å²) < 4.78 is 8.19. The zero-order chi connectivity index (χ0) is 13.4. The number of benzene rings is 2. The number of aryl methyl sites for hydroxylation is 1. The first-order chi connectivity index (χ1) is 8.77. The number of para-hydroxylation sites is 2. The van der Waals surface area contributed by atoms with Crippen molar-refractivity contribution in [3.8, 4) is 5.75 Å². The molecule has 0 bridgehead atoms. The van der Waals surface area contributed by atoms with E-state index in [1.165, 1.54) is 0 Å². The molecule has 0 saturated heterocycles. The van der Waals surface area contributed by atoms with Gasteiger partial charge in [-0.25, -0.2) is 0 Å². The van der Waals surface area contributed by atoms with Crippen LogP contribution in [0.3, 0.4) is 0 Å². The van der Waals surface area contributed by atoms with Gasteiger partial charge >= 0.3 is 21.0 Å². The minimum atomic E-state index is 0.294. The standard InChI is InChI=1S/C14H13NO.O.V/c1-11-6-5-7-12(14(11)16)10-15-13-8-3-2-4-9-13;;/h2-10,16H,1H3;;. The predicted octanol–water partition coefficient (Wildman–Crippen LogP) is 3.33. The Hall–Kier alpha value is -1.71. The van der Waals surface area contributed by atoms with Crippen molar-refractivity contribution < 1.29 is 26.1 Å². The zero-order valence-electron chi connectivity index (χ0n) is 9.95. The van der Waals surface area contributed by atoms with Crippen LogP contribution in [-0.2, 0) is 21.0 Å². The van der Waals surface area contributed by atoms with Crippen LogP contribution in [0.5, 0.6) is 5.75 Å². The molecule has 91 valence electrons. The summed E-state index contributed by atoms with van der Waals surface area (Å²) in [6.45, 7) is 1.87. The maximum atomic E-state index is 9.78. The molecule has 3 nitrogen and oxygen atoms in total. The van der Waals surface area contributed by atoms with Gasteiger partial charge in [0.15, 0.2) is 0 Å². The molecular formula is C14H13NO2V. The topological polar surface area (TPSA) is 49.7 Å². The molecule has 0 radical (unpaired) electrons. The van der Waals surface area contributed by atoms with Crippen LogP contribution in [0, 0.1) is 6.92 Å². The quantitative estimate of drug-likeness (QED) is 0.856. The maximum absolute atomic E-state index is 9.78. The van der Waals surface area contributed by atoms with E-state index in [4.69, 9.17) is 3.67 Å². The summed E-state index contributed by atoms with van der Waals surface area (Å²) in [4.78, 5) is 4.29. The second-order valence-electron chi connectivity index (χ2n) is 3.61. The Bertz CT molecular complexity index is 527. The molecule has 0 aromatic heterocycles. The van der Waals surface area contributed by atoms with E-state index in [1.807, 2.05) is 55.5 Å². The Labute approximate surface area is 115 Å². The van der Waals surface area contributed by atoms with E-state index in [2.05, 4.69) is 4.99 Å². The molecule has 0 unspecified atom stereocenters. The number of aliphatic imine (C=N–C) groups is 1. The third kappa shape index (κ3) is 3.95. The molecule has 18 heavy (non-hydrogen) atoms. The molecule has 2 aromatic rings. The van der Waals surface area contributed by atoms with Gasteiger partial charge in [-0.1, -0.05) is 30.3 Å². The molecule has 2 aromatic carbocycles. The van der Waals surface area contributed by atoms with Gasteiger partial charge in [0.05, 0.1) is 5.69 Å². The first kappa shape index (κ1) is 14.4. The third-order valence-electron chi connectivity index (χ3n) is 2.38. The predicted molar refractivity (Wildman–Crippen MR) is 67.2 cm³/mol. The van der Waals surface area contributed by atoms with Crippen LogP contribution in [0.1, 0.15) is 11.1 Å². The number of hydrogen-bond acceptors (Lipinski definition) is 3. The van der Waals surface area contributed by atoms with Gasteiger partial charge in [0.1, 0.15) is 5.75 Å². The normalized spacial score (nSPS) is 9.78. The molecule has 0 fully saturated rings. The Morgan fingerprint density at radius 3 is 2.39 bits per heavy atom. The molecule has 0 heterocycles. The zero-order valence-corrected chi connectivity index (χ0v) is 11.3. The molecule has 0 atom stereocenters. The molecule has 0 aliphatic heterocycles. The van der Waals surface area contributed by atoms with Crippen molar-refractivity contribution in [1.82, 2.24) is 0 Å². The fraction of sp³-hybridized carbons (Fsp3) is 0.0714. The Morgan fingerprint density at radius 2 is 1.72 bits per heavy atom. The number of phenols is 1. The number of hydrogen-bond donors (Lipinski definition) is 1. The molecular weight excluding hydrogens is 265 g/mol. The van der Waals surface area contributed by atoms with E-state index in [0.29, 0.717) is 5.75 Å². The van der Waals surface area contributed by atoms with Crippen molar-refractivity contribution in [2.45, 2.75) is 6.92 Å². The molecule has 0 spiro atoms. The molecule has 0 aliphatic rings. The van der Waals surface area contributed by atoms with Crippen LogP contribution in [0.25, 0.3) is 0 Å². The number of nitrogens with zero attached hydrogens (tertiary/aromatic N) is 1. The SMILES string of the molecule is Cc1cccc(C=Nc2ccccc2)c1O.[O]=[V]. The van der Waals surface area contributed by atoms with Gasteiger partial charge in [0.25, 0.3) is 0 Å². The van der Waals surface area contributed by atoms with Gasteiger partial charge in [-0.05, 0) is 30.7 Å². The van der Waals surface area contributed by atoms with Crippen molar-refractivity contribution in [3.05, 3.63) is 59.7 Å². The second-order valence-corrected chi connectivity index (χ2v) is 3.61. The summed E-state index contributed by atoms with van der Waals surface area (Å²) in [7, 11) is 0. The summed E-state index contributed by atoms with van der Waals surface area (Å²) in [6.07, 6.45) is 1.68. The fourth-order valence-electron chi connectivity index (χ4n) is 1.44. The van der Waals surface area contributed by atoms with Gasteiger partial charge in [-0.2, -0.15) is 0 Å².